The third kappa shape index (κ3) is 3.45. The summed E-state index contributed by atoms with van der Waals surface area (Å²) >= 11 is 0. The quantitative estimate of drug-likeness (QED) is 0.724. The van der Waals surface area contributed by atoms with Crippen molar-refractivity contribution >= 4 is 23.7 Å². The van der Waals surface area contributed by atoms with Crippen molar-refractivity contribution in [2.45, 2.75) is 33.9 Å². The minimum atomic E-state index is -0.501. The van der Waals surface area contributed by atoms with Gasteiger partial charge < -0.3 is 9.80 Å². The fourth-order valence-electron chi connectivity index (χ4n) is 2.77. The van der Waals surface area contributed by atoms with Crippen LogP contribution < -0.4 is 4.90 Å². The molecular formula is C18H28N4O3. The van der Waals surface area contributed by atoms with Gasteiger partial charge in [0.05, 0.1) is 17.8 Å². The van der Waals surface area contributed by atoms with E-state index in [1.807, 2.05) is 27.7 Å². The number of rotatable bonds is 0. The maximum atomic E-state index is 12.5. The molecule has 1 unspecified atom stereocenters. The number of fused-ring (bicyclic) bond motifs is 3. The molecule has 1 atom stereocenters. The van der Waals surface area contributed by atoms with Gasteiger partial charge in [0.1, 0.15) is 6.17 Å². The van der Waals surface area contributed by atoms with Crippen molar-refractivity contribution in [2.24, 2.45) is 0 Å². The predicted molar refractivity (Wildman–Crippen MR) is 98.7 cm³/mol. The number of hydrogen-bond donors (Lipinski definition) is 0. The zero-order valence-electron chi connectivity index (χ0n) is 16.1. The van der Waals surface area contributed by atoms with E-state index >= 15 is 0 Å². The predicted octanol–water partition coefficient (Wildman–Crippen LogP) is 3.07. The van der Waals surface area contributed by atoms with Crippen molar-refractivity contribution in [2.75, 3.05) is 32.6 Å². The number of amides is 5. The lowest BCUT2D eigenvalue weighted by atomic mass is 10.1. The normalized spacial score (nSPS) is 19.2. The number of carbonyl (C=O) groups excluding carboxylic acids is 3. The third-order valence-electron chi connectivity index (χ3n) is 4.00. The Hall–Kier alpha value is -2.57. The second kappa shape index (κ2) is 8.50. The van der Waals surface area contributed by atoms with E-state index in [4.69, 9.17) is 0 Å². The minimum Gasteiger partial charge on any atom is -0.338 e. The lowest BCUT2D eigenvalue weighted by Gasteiger charge is -2.44. The molecule has 2 aliphatic heterocycles. The van der Waals surface area contributed by atoms with Crippen LogP contribution in [0.3, 0.4) is 0 Å². The van der Waals surface area contributed by atoms with Crippen molar-refractivity contribution in [3.8, 4) is 0 Å². The molecule has 0 aliphatic carbocycles. The Morgan fingerprint density at radius 3 is 2.04 bits per heavy atom. The highest BCUT2D eigenvalue weighted by Gasteiger charge is 2.45. The van der Waals surface area contributed by atoms with Crippen LogP contribution in [-0.4, -0.2) is 66.5 Å². The zero-order chi connectivity index (χ0) is 19.3. The van der Waals surface area contributed by atoms with E-state index in [0.29, 0.717) is 11.3 Å². The number of urea groups is 2. The number of imide groups is 1. The first-order valence-electron chi connectivity index (χ1n) is 8.61. The molecule has 1 aromatic carbocycles. The van der Waals surface area contributed by atoms with Crippen LogP contribution in [0.25, 0.3) is 0 Å². The molecule has 7 nitrogen and oxygen atoms in total. The molecule has 138 valence electrons. The number of anilines is 1. The van der Waals surface area contributed by atoms with Crippen LogP contribution in [0.2, 0.25) is 0 Å². The maximum Gasteiger partial charge on any atom is 0.334 e. The Morgan fingerprint density at radius 2 is 1.44 bits per heavy atom. The summed E-state index contributed by atoms with van der Waals surface area (Å²) in [6.45, 7) is 8.27. The fourth-order valence-corrected chi connectivity index (χ4v) is 2.77. The fraction of sp³-hybridized carbons (Fsp3) is 0.500. The average Bonchev–Trinajstić information content (AvgIpc) is 2.77. The standard InChI is InChI=1S/C14H16N4O3.2C2H6/c1-15-8-11-16(2)13(20)17(3)14(21)18(11)10-7-5-4-6-9(10)12(15)19;2*1-2/h4-7,11H,8H2,1-3H3;2*1-2H3. The molecule has 0 saturated carbocycles. The van der Waals surface area contributed by atoms with Gasteiger partial charge in [0.25, 0.3) is 5.91 Å². The monoisotopic (exact) mass is 348 g/mol. The Bertz CT molecular complexity index is 647. The summed E-state index contributed by atoms with van der Waals surface area (Å²) < 4.78 is 0. The second-order valence-electron chi connectivity index (χ2n) is 5.29. The van der Waals surface area contributed by atoms with Crippen LogP contribution in [0.5, 0.6) is 0 Å². The second-order valence-corrected chi connectivity index (χ2v) is 5.29. The van der Waals surface area contributed by atoms with Gasteiger partial charge in [0.15, 0.2) is 0 Å². The molecular weight excluding hydrogens is 320 g/mol. The van der Waals surface area contributed by atoms with Crippen molar-refractivity contribution in [3.63, 3.8) is 0 Å². The van der Waals surface area contributed by atoms with Gasteiger partial charge in [-0.2, -0.15) is 0 Å². The lowest BCUT2D eigenvalue weighted by molar-refractivity contribution is 0.0748. The summed E-state index contributed by atoms with van der Waals surface area (Å²) in [6.07, 6.45) is -0.501. The first-order valence-corrected chi connectivity index (χ1v) is 8.61. The van der Waals surface area contributed by atoms with E-state index in [0.717, 1.165) is 4.90 Å². The van der Waals surface area contributed by atoms with Crippen LogP contribution in [-0.2, 0) is 0 Å². The summed E-state index contributed by atoms with van der Waals surface area (Å²) in [4.78, 5) is 42.6. The number of carbonyl (C=O) groups is 3. The van der Waals surface area contributed by atoms with E-state index < -0.39 is 12.2 Å². The van der Waals surface area contributed by atoms with Crippen molar-refractivity contribution < 1.29 is 14.4 Å². The van der Waals surface area contributed by atoms with Crippen LogP contribution in [0, 0.1) is 0 Å². The first-order chi connectivity index (χ1) is 11.9. The molecule has 0 aromatic heterocycles. The van der Waals surface area contributed by atoms with Crippen molar-refractivity contribution in [3.05, 3.63) is 29.8 Å². The largest absolute Gasteiger partial charge is 0.338 e. The van der Waals surface area contributed by atoms with E-state index in [-0.39, 0.29) is 18.5 Å². The van der Waals surface area contributed by atoms with Gasteiger partial charge in [-0.05, 0) is 12.1 Å². The van der Waals surface area contributed by atoms with Crippen molar-refractivity contribution in [1.82, 2.24) is 14.7 Å². The summed E-state index contributed by atoms with van der Waals surface area (Å²) in [7, 11) is 4.75. The highest BCUT2D eigenvalue weighted by atomic mass is 16.2. The molecule has 25 heavy (non-hydrogen) atoms. The Morgan fingerprint density at radius 1 is 0.880 bits per heavy atom. The van der Waals surface area contributed by atoms with E-state index in [1.54, 1.807) is 38.4 Å². The van der Waals surface area contributed by atoms with Gasteiger partial charge in [0.2, 0.25) is 0 Å². The molecule has 0 spiro atoms. The van der Waals surface area contributed by atoms with Crippen LogP contribution in [0.1, 0.15) is 38.1 Å². The highest BCUT2D eigenvalue weighted by molar-refractivity contribution is 6.10. The van der Waals surface area contributed by atoms with E-state index in [9.17, 15) is 14.4 Å². The van der Waals surface area contributed by atoms with Crippen molar-refractivity contribution in [1.29, 1.82) is 0 Å². The van der Waals surface area contributed by atoms with Gasteiger partial charge in [-0.15, -0.1) is 0 Å². The summed E-state index contributed by atoms with van der Waals surface area (Å²) in [5, 5.41) is 0. The Kier molecular flexibility index (Phi) is 6.97. The molecule has 1 aromatic rings. The molecule has 0 bridgehead atoms. The SMILES string of the molecule is CC.CC.CN1CC2N(C)C(=O)N(C)C(=O)N2c2ccccc2C1=O. The molecule has 1 fully saturated rings. The molecule has 0 radical (unpaired) electrons. The van der Waals surface area contributed by atoms with Gasteiger partial charge >= 0.3 is 12.1 Å². The maximum absolute atomic E-state index is 12.5. The van der Waals surface area contributed by atoms with E-state index in [2.05, 4.69) is 0 Å². The molecule has 2 aliphatic rings. The number of hydrogen-bond acceptors (Lipinski definition) is 3. The number of nitrogens with zero attached hydrogens (tertiary/aromatic N) is 4. The average molecular weight is 348 g/mol. The number of para-hydroxylation sites is 1. The zero-order valence-corrected chi connectivity index (χ0v) is 16.1. The molecule has 1 saturated heterocycles. The smallest absolute Gasteiger partial charge is 0.334 e. The molecule has 3 rings (SSSR count). The lowest BCUT2D eigenvalue weighted by Crippen LogP contribution is -2.66. The summed E-state index contributed by atoms with van der Waals surface area (Å²) in [5.41, 5.74) is 1.00. The number of likely N-dealkylation sites (N-methyl/N-ethyl adjacent to an activating group) is 2. The Labute approximate surface area is 149 Å². The highest BCUT2D eigenvalue weighted by Crippen LogP contribution is 2.31. The third-order valence-corrected chi connectivity index (χ3v) is 4.00. The van der Waals surface area contributed by atoms with Crippen LogP contribution >= 0.6 is 0 Å². The summed E-state index contributed by atoms with van der Waals surface area (Å²) in [6, 6.07) is 6.17. The molecule has 0 N–H and O–H groups in total. The first kappa shape index (κ1) is 20.5. The van der Waals surface area contributed by atoms with Crippen LogP contribution in [0.15, 0.2) is 24.3 Å². The van der Waals surface area contributed by atoms with Gasteiger partial charge in [-0.1, -0.05) is 39.8 Å². The summed E-state index contributed by atoms with van der Waals surface area (Å²) in [5.74, 6) is -0.156. The molecule has 2 heterocycles. The minimum absolute atomic E-state index is 0.156. The number of benzene rings is 1. The molecule has 5 amide bonds. The van der Waals surface area contributed by atoms with Crippen LogP contribution in [0.4, 0.5) is 15.3 Å². The van der Waals surface area contributed by atoms with E-state index in [1.165, 1.54) is 21.7 Å². The van der Waals surface area contributed by atoms with Gasteiger partial charge in [-0.3, -0.25) is 9.69 Å². The van der Waals surface area contributed by atoms with Gasteiger partial charge in [-0.25, -0.2) is 14.5 Å². The van der Waals surface area contributed by atoms with Gasteiger partial charge in [0, 0.05) is 21.1 Å². The Balaban J connectivity index is 0.000000730. The topological polar surface area (TPSA) is 64.2 Å². The molecule has 7 heteroatoms.